The molecule has 0 spiro atoms. The third-order valence-electron chi connectivity index (χ3n) is 2.85. The second kappa shape index (κ2) is 4.67. The molecule has 1 heterocycles. The van der Waals surface area contributed by atoms with Crippen LogP contribution in [0.4, 0.5) is 11.4 Å². The van der Waals surface area contributed by atoms with Crippen molar-refractivity contribution in [1.82, 2.24) is 0 Å². The Labute approximate surface area is 108 Å². The van der Waals surface area contributed by atoms with Gasteiger partial charge in [0, 0.05) is 12.1 Å². The average Bonchev–Trinajstić information content (AvgIpc) is 2.54. The van der Waals surface area contributed by atoms with E-state index in [1.807, 2.05) is 0 Å². The van der Waals surface area contributed by atoms with E-state index in [1.165, 1.54) is 0 Å². The number of anilines is 1. The lowest BCUT2D eigenvalue weighted by molar-refractivity contribution is -0.384. The third kappa shape index (κ3) is 2.93. The predicted octanol–water partition coefficient (Wildman–Crippen LogP) is -0.130. The monoisotopic (exact) mass is 288 g/mol. The highest BCUT2D eigenvalue weighted by molar-refractivity contribution is 7.91. The van der Waals surface area contributed by atoms with Gasteiger partial charge in [-0.2, -0.15) is 0 Å². The Morgan fingerprint density at radius 2 is 2.05 bits per heavy atom. The zero-order valence-corrected chi connectivity index (χ0v) is 10.5. The van der Waals surface area contributed by atoms with Gasteiger partial charge in [-0.15, -0.1) is 0 Å². The van der Waals surface area contributed by atoms with Crippen LogP contribution in [-0.4, -0.2) is 47.2 Å². The molecule has 1 aliphatic rings. The number of phenols is 1. The number of nitro groups is 1. The molecule has 0 amide bonds. The Kier molecular flexibility index (Phi) is 3.33. The van der Waals surface area contributed by atoms with Crippen molar-refractivity contribution in [3.05, 3.63) is 28.3 Å². The normalized spacial score (nSPS) is 25.1. The summed E-state index contributed by atoms with van der Waals surface area (Å²) in [6.07, 6.45) is -1.11. The van der Waals surface area contributed by atoms with Gasteiger partial charge in [-0.25, -0.2) is 8.42 Å². The fourth-order valence-electron chi connectivity index (χ4n) is 1.92. The van der Waals surface area contributed by atoms with Crippen LogP contribution in [0.2, 0.25) is 0 Å². The number of hydrogen-bond acceptors (Lipinski definition) is 7. The summed E-state index contributed by atoms with van der Waals surface area (Å²) in [5, 5.41) is 32.4. The van der Waals surface area contributed by atoms with E-state index in [0.29, 0.717) is 0 Å². The van der Waals surface area contributed by atoms with Crippen LogP contribution < -0.4 is 5.32 Å². The van der Waals surface area contributed by atoms with Gasteiger partial charge in [0.2, 0.25) is 0 Å². The molecule has 0 aliphatic carbocycles. The van der Waals surface area contributed by atoms with E-state index in [-0.39, 0.29) is 28.6 Å². The van der Waals surface area contributed by atoms with Crippen LogP contribution >= 0.6 is 0 Å². The SMILES string of the molecule is O=[N+]([O-])c1ccc(O)c(N[C@H]2CS(=O)(=O)C[C@H]2O)c1. The van der Waals surface area contributed by atoms with Gasteiger partial charge in [0.15, 0.2) is 9.84 Å². The number of aromatic hydroxyl groups is 1. The number of benzene rings is 1. The first-order valence-electron chi connectivity index (χ1n) is 5.41. The summed E-state index contributed by atoms with van der Waals surface area (Å²) < 4.78 is 22.7. The number of nitro benzene ring substituents is 1. The topological polar surface area (TPSA) is 130 Å². The summed E-state index contributed by atoms with van der Waals surface area (Å²) in [7, 11) is -3.33. The predicted molar refractivity (Wildman–Crippen MR) is 66.8 cm³/mol. The first-order valence-corrected chi connectivity index (χ1v) is 7.23. The molecule has 1 fully saturated rings. The first-order chi connectivity index (χ1) is 8.78. The van der Waals surface area contributed by atoms with Gasteiger partial charge in [0.25, 0.3) is 5.69 Å². The van der Waals surface area contributed by atoms with Crippen molar-refractivity contribution >= 4 is 21.2 Å². The molecule has 0 aromatic heterocycles. The molecule has 19 heavy (non-hydrogen) atoms. The number of nitrogens with one attached hydrogen (secondary N) is 1. The van der Waals surface area contributed by atoms with E-state index in [4.69, 9.17) is 0 Å². The molecule has 2 atom stereocenters. The van der Waals surface area contributed by atoms with Crippen molar-refractivity contribution in [2.45, 2.75) is 12.1 Å². The molecular weight excluding hydrogens is 276 g/mol. The summed E-state index contributed by atoms with van der Waals surface area (Å²) in [4.78, 5) is 9.99. The highest BCUT2D eigenvalue weighted by atomic mass is 32.2. The van der Waals surface area contributed by atoms with Crippen LogP contribution in [0.3, 0.4) is 0 Å². The molecule has 0 saturated carbocycles. The minimum Gasteiger partial charge on any atom is -0.506 e. The van der Waals surface area contributed by atoms with E-state index in [2.05, 4.69) is 5.32 Å². The summed E-state index contributed by atoms with van der Waals surface area (Å²) in [6.45, 7) is 0. The van der Waals surface area contributed by atoms with Gasteiger partial charge in [-0.05, 0) is 6.07 Å². The molecule has 1 aliphatic heterocycles. The maximum absolute atomic E-state index is 11.3. The Morgan fingerprint density at radius 3 is 2.58 bits per heavy atom. The maximum Gasteiger partial charge on any atom is 0.271 e. The minimum absolute atomic E-state index is 0.0235. The van der Waals surface area contributed by atoms with Gasteiger partial charge in [0.05, 0.1) is 34.3 Å². The Balaban J connectivity index is 2.24. The number of phenolic OH excluding ortho intramolecular Hbond substituents is 1. The Bertz CT molecular complexity index is 614. The molecule has 8 nitrogen and oxygen atoms in total. The fourth-order valence-corrected chi connectivity index (χ4v) is 3.66. The number of sulfone groups is 1. The van der Waals surface area contributed by atoms with Crippen molar-refractivity contribution in [2.75, 3.05) is 16.8 Å². The average molecular weight is 288 g/mol. The Hall–Kier alpha value is -1.87. The molecule has 1 saturated heterocycles. The lowest BCUT2D eigenvalue weighted by Crippen LogP contribution is -2.31. The van der Waals surface area contributed by atoms with Crippen molar-refractivity contribution in [3.8, 4) is 5.75 Å². The molecule has 1 aromatic rings. The molecule has 1 aromatic carbocycles. The van der Waals surface area contributed by atoms with E-state index in [0.717, 1.165) is 18.2 Å². The van der Waals surface area contributed by atoms with Gasteiger partial charge in [0.1, 0.15) is 5.75 Å². The standard InChI is InChI=1S/C10H12N2O6S/c13-9-2-1-6(12(15)16)3-7(9)11-8-4-19(17,18)5-10(8)14/h1-3,8,10-11,13-14H,4-5H2/t8-,10+/m0/s1. The summed E-state index contributed by atoms with van der Waals surface area (Å²) in [5.74, 6) is -0.890. The molecule has 2 rings (SSSR count). The number of non-ortho nitro benzene ring substituents is 1. The van der Waals surface area contributed by atoms with Crippen molar-refractivity contribution in [3.63, 3.8) is 0 Å². The smallest absolute Gasteiger partial charge is 0.271 e. The number of hydrogen-bond donors (Lipinski definition) is 3. The summed E-state index contributed by atoms with van der Waals surface area (Å²) in [5.41, 5.74) is -0.217. The van der Waals surface area contributed by atoms with Crippen LogP contribution in [0.15, 0.2) is 18.2 Å². The van der Waals surface area contributed by atoms with E-state index < -0.39 is 26.9 Å². The highest BCUT2D eigenvalue weighted by Gasteiger charge is 2.36. The van der Waals surface area contributed by atoms with Gasteiger partial charge < -0.3 is 15.5 Å². The van der Waals surface area contributed by atoms with E-state index in [1.54, 1.807) is 0 Å². The van der Waals surface area contributed by atoms with Gasteiger partial charge in [-0.3, -0.25) is 10.1 Å². The van der Waals surface area contributed by atoms with Crippen LogP contribution in [-0.2, 0) is 9.84 Å². The van der Waals surface area contributed by atoms with Crippen LogP contribution in [0.1, 0.15) is 0 Å². The molecule has 3 N–H and O–H groups in total. The van der Waals surface area contributed by atoms with Crippen molar-refractivity contribution in [1.29, 1.82) is 0 Å². The van der Waals surface area contributed by atoms with Crippen LogP contribution in [0.5, 0.6) is 5.75 Å². The minimum atomic E-state index is -3.33. The lowest BCUT2D eigenvalue weighted by Gasteiger charge is -2.16. The maximum atomic E-state index is 11.3. The largest absolute Gasteiger partial charge is 0.506 e. The molecule has 104 valence electrons. The zero-order chi connectivity index (χ0) is 14.2. The number of nitrogens with zero attached hydrogens (tertiary/aromatic N) is 1. The number of rotatable bonds is 3. The quantitative estimate of drug-likeness (QED) is 0.401. The molecule has 9 heteroatoms. The second-order valence-corrected chi connectivity index (χ2v) is 6.51. The second-order valence-electron chi connectivity index (χ2n) is 4.35. The van der Waals surface area contributed by atoms with Crippen LogP contribution in [0, 0.1) is 10.1 Å². The number of aliphatic hydroxyl groups excluding tert-OH is 1. The van der Waals surface area contributed by atoms with Crippen LogP contribution in [0.25, 0.3) is 0 Å². The third-order valence-corrected chi connectivity index (χ3v) is 4.57. The summed E-state index contributed by atoms with van der Waals surface area (Å²) in [6, 6.07) is 2.56. The zero-order valence-electron chi connectivity index (χ0n) is 9.68. The van der Waals surface area contributed by atoms with Gasteiger partial charge in [-0.1, -0.05) is 0 Å². The Morgan fingerprint density at radius 1 is 1.37 bits per heavy atom. The first kappa shape index (κ1) is 13.6. The lowest BCUT2D eigenvalue weighted by atomic mass is 10.2. The van der Waals surface area contributed by atoms with E-state index >= 15 is 0 Å². The van der Waals surface area contributed by atoms with Gasteiger partial charge >= 0.3 is 0 Å². The molecule has 0 unspecified atom stereocenters. The van der Waals surface area contributed by atoms with E-state index in [9.17, 15) is 28.7 Å². The highest BCUT2D eigenvalue weighted by Crippen LogP contribution is 2.30. The number of aliphatic hydroxyl groups is 1. The van der Waals surface area contributed by atoms with Crippen molar-refractivity contribution in [2.24, 2.45) is 0 Å². The molecular formula is C10H12N2O6S. The molecule has 0 bridgehead atoms. The molecule has 0 radical (unpaired) electrons. The summed E-state index contributed by atoms with van der Waals surface area (Å²) >= 11 is 0. The fraction of sp³-hybridized carbons (Fsp3) is 0.400. The van der Waals surface area contributed by atoms with Crippen molar-refractivity contribution < 1.29 is 23.6 Å².